The summed E-state index contributed by atoms with van der Waals surface area (Å²) in [5.41, 5.74) is 4.46. The number of halogens is 4. The molecule has 6 nitrogen and oxygen atoms in total. The highest BCUT2D eigenvalue weighted by molar-refractivity contribution is 14.0. The van der Waals surface area contributed by atoms with Crippen LogP contribution in [0.25, 0.3) is 0 Å². The van der Waals surface area contributed by atoms with E-state index in [-0.39, 0.29) is 54.5 Å². The second-order valence-electron chi connectivity index (χ2n) is 5.33. The van der Waals surface area contributed by atoms with E-state index in [9.17, 15) is 13.2 Å². The summed E-state index contributed by atoms with van der Waals surface area (Å²) in [6.45, 7) is 6.36. The topological polar surface area (TPSA) is 88.2 Å². The Hall–Kier alpha value is -1.33. The van der Waals surface area contributed by atoms with Gasteiger partial charge in [0.05, 0.1) is 6.54 Å². The van der Waals surface area contributed by atoms with Crippen LogP contribution in [0.3, 0.4) is 0 Å². The van der Waals surface area contributed by atoms with Crippen molar-refractivity contribution in [3.05, 3.63) is 18.0 Å². The van der Waals surface area contributed by atoms with Crippen molar-refractivity contribution in [1.82, 2.24) is 15.3 Å². The fourth-order valence-electron chi connectivity index (χ4n) is 1.37. The molecule has 0 fully saturated rings. The molecule has 0 amide bonds. The Morgan fingerprint density at radius 1 is 1.32 bits per heavy atom. The number of aromatic nitrogens is 2. The molecular weight excluding hydrogens is 412 g/mol. The number of hydrogen-bond acceptors (Lipinski definition) is 4. The summed E-state index contributed by atoms with van der Waals surface area (Å²) in [4.78, 5) is 11.1. The third-order valence-electron chi connectivity index (χ3n) is 2.13. The molecule has 10 heteroatoms. The van der Waals surface area contributed by atoms with Crippen LogP contribution < -0.4 is 16.4 Å². The first kappa shape index (κ1) is 20.7. The SMILES string of the molecule is CC(C)(C)NC(N)=NCCNc1nccc(C(F)(F)F)n1.I. The number of nitrogens with zero attached hydrogens (tertiary/aromatic N) is 3. The van der Waals surface area contributed by atoms with Gasteiger partial charge in [-0.15, -0.1) is 24.0 Å². The highest BCUT2D eigenvalue weighted by atomic mass is 127. The zero-order valence-electron chi connectivity index (χ0n) is 12.5. The van der Waals surface area contributed by atoms with Gasteiger partial charge in [0.25, 0.3) is 0 Å². The molecule has 1 aromatic heterocycles. The molecule has 0 unspecified atom stereocenters. The summed E-state index contributed by atoms with van der Waals surface area (Å²) >= 11 is 0. The smallest absolute Gasteiger partial charge is 0.370 e. The minimum atomic E-state index is -4.49. The van der Waals surface area contributed by atoms with Crippen LogP contribution in [-0.2, 0) is 6.18 Å². The average Bonchev–Trinajstić information content (AvgIpc) is 2.32. The van der Waals surface area contributed by atoms with E-state index in [1.165, 1.54) is 0 Å². The molecule has 126 valence electrons. The van der Waals surface area contributed by atoms with Gasteiger partial charge in [-0.1, -0.05) is 0 Å². The van der Waals surface area contributed by atoms with Crippen LogP contribution in [0.2, 0.25) is 0 Å². The molecule has 22 heavy (non-hydrogen) atoms. The van der Waals surface area contributed by atoms with Crippen LogP contribution >= 0.6 is 24.0 Å². The Morgan fingerprint density at radius 2 is 1.95 bits per heavy atom. The van der Waals surface area contributed by atoms with Crippen molar-refractivity contribution in [3.8, 4) is 0 Å². The number of hydrogen-bond donors (Lipinski definition) is 3. The lowest BCUT2D eigenvalue weighted by Gasteiger charge is -2.20. The van der Waals surface area contributed by atoms with E-state index in [2.05, 4.69) is 25.6 Å². The molecule has 1 aromatic rings. The van der Waals surface area contributed by atoms with E-state index >= 15 is 0 Å². The molecule has 0 saturated heterocycles. The molecule has 0 spiro atoms. The number of alkyl halides is 3. The van der Waals surface area contributed by atoms with Crippen LogP contribution in [0, 0.1) is 0 Å². The van der Waals surface area contributed by atoms with Gasteiger partial charge < -0.3 is 16.4 Å². The van der Waals surface area contributed by atoms with E-state index in [1.54, 1.807) is 0 Å². The van der Waals surface area contributed by atoms with Crippen molar-refractivity contribution in [1.29, 1.82) is 0 Å². The van der Waals surface area contributed by atoms with Gasteiger partial charge in [0.2, 0.25) is 5.95 Å². The minimum absolute atomic E-state index is 0. The summed E-state index contributed by atoms with van der Waals surface area (Å²) in [5.74, 6) is 0.177. The van der Waals surface area contributed by atoms with E-state index in [4.69, 9.17) is 5.73 Å². The predicted molar refractivity (Wildman–Crippen MR) is 90.3 cm³/mol. The maximum Gasteiger partial charge on any atom is 0.433 e. The zero-order chi connectivity index (χ0) is 16.1. The second-order valence-corrected chi connectivity index (χ2v) is 5.33. The van der Waals surface area contributed by atoms with Gasteiger partial charge in [-0.05, 0) is 26.8 Å². The molecule has 4 N–H and O–H groups in total. The van der Waals surface area contributed by atoms with Crippen LogP contribution in [0.4, 0.5) is 19.1 Å². The summed E-state index contributed by atoms with van der Waals surface area (Å²) in [7, 11) is 0. The van der Waals surface area contributed by atoms with E-state index in [0.29, 0.717) is 0 Å². The maximum absolute atomic E-state index is 12.5. The van der Waals surface area contributed by atoms with Crippen molar-refractivity contribution < 1.29 is 13.2 Å². The molecule has 0 saturated carbocycles. The number of rotatable bonds is 4. The van der Waals surface area contributed by atoms with Crippen LogP contribution in [0.15, 0.2) is 17.3 Å². The van der Waals surface area contributed by atoms with E-state index in [0.717, 1.165) is 12.3 Å². The Kier molecular flexibility index (Phi) is 7.84. The number of nitrogens with two attached hydrogens (primary N) is 1. The molecule has 1 heterocycles. The highest BCUT2D eigenvalue weighted by Gasteiger charge is 2.32. The van der Waals surface area contributed by atoms with Crippen molar-refractivity contribution in [2.45, 2.75) is 32.5 Å². The minimum Gasteiger partial charge on any atom is -0.370 e. The first-order chi connectivity index (χ1) is 9.58. The molecule has 1 rings (SSSR count). The van der Waals surface area contributed by atoms with E-state index in [1.807, 2.05) is 20.8 Å². The molecule has 0 aliphatic rings. The van der Waals surface area contributed by atoms with Gasteiger partial charge >= 0.3 is 6.18 Å². The number of guanidine groups is 1. The standard InChI is InChI=1S/C12H19F3N6.HI/c1-11(2,3)21-9(16)17-6-7-19-10-18-5-4-8(20-10)12(13,14)15;/h4-5H,6-7H2,1-3H3,(H3,16,17,21)(H,18,19,20);1H. The Bertz CT molecular complexity index is 498. The Balaban J connectivity index is 0.00000441. The van der Waals surface area contributed by atoms with Crippen LogP contribution in [0.1, 0.15) is 26.5 Å². The fraction of sp³-hybridized carbons (Fsp3) is 0.583. The molecule has 0 radical (unpaired) electrons. The second kappa shape index (κ2) is 8.34. The van der Waals surface area contributed by atoms with Gasteiger partial charge in [0.1, 0.15) is 5.69 Å². The summed E-state index contributed by atoms with van der Waals surface area (Å²) in [5, 5.41) is 5.63. The number of nitrogens with one attached hydrogen (secondary N) is 2. The third-order valence-corrected chi connectivity index (χ3v) is 2.13. The molecular formula is C12H20F3IN6. The molecule has 0 bridgehead atoms. The van der Waals surface area contributed by atoms with Gasteiger partial charge in [0.15, 0.2) is 5.96 Å². The van der Waals surface area contributed by atoms with Crippen molar-refractivity contribution in [2.75, 3.05) is 18.4 Å². The highest BCUT2D eigenvalue weighted by Crippen LogP contribution is 2.27. The van der Waals surface area contributed by atoms with Gasteiger partial charge in [-0.25, -0.2) is 9.97 Å². The summed E-state index contributed by atoms with van der Waals surface area (Å²) < 4.78 is 37.4. The largest absolute Gasteiger partial charge is 0.433 e. The lowest BCUT2D eigenvalue weighted by molar-refractivity contribution is -0.141. The average molecular weight is 432 g/mol. The van der Waals surface area contributed by atoms with Crippen LogP contribution in [0.5, 0.6) is 0 Å². The zero-order valence-corrected chi connectivity index (χ0v) is 14.9. The van der Waals surface area contributed by atoms with Crippen LogP contribution in [-0.4, -0.2) is 34.6 Å². The molecule has 0 aliphatic carbocycles. The number of anilines is 1. The molecule has 0 aromatic carbocycles. The Morgan fingerprint density at radius 3 is 2.50 bits per heavy atom. The van der Waals surface area contributed by atoms with Gasteiger partial charge in [-0.3, -0.25) is 4.99 Å². The van der Waals surface area contributed by atoms with Crippen molar-refractivity contribution >= 4 is 35.9 Å². The molecule has 0 atom stereocenters. The summed E-state index contributed by atoms with van der Waals surface area (Å²) in [6.07, 6.45) is -3.43. The predicted octanol–water partition coefficient (Wildman–Crippen LogP) is 2.23. The Labute approximate surface area is 144 Å². The number of aliphatic imine (C=N–C) groups is 1. The lowest BCUT2D eigenvalue weighted by Crippen LogP contribution is -2.45. The van der Waals surface area contributed by atoms with Crippen molar-refractivity contribution in [2.24, 2.45) is 10.7 Å². The first-order valence-corrected chi connectivity index (χ1v) is 6.30. The van der Waals surface area contributed by atoms with Crippen molar-refractivity contribution in [3.63, 3.8) is 0 Å². The lowest BCUT2D eigenvalue weighted by atomic mass is 10.1. The fourth-order valence-corrected chi connectivity index (χ4v) is 1.37. The summed E-state index contributed by atoms with van der Waals surface area (Å²) in [6, 6.07) is 0.814. The first-order valence-electron chi connectivity index (χ1n) is 6.30. The normalized spacial score (nSPS) is 12.5. The maximum atomic E-state index is 12.5. The molecule has 0 aliphatic heterocycles. The van der Waals surface area contributed by atoms with Gasteiger partial charge in [0, 0.05) is 18.3 Å². The van der Waals surface area contributed by atoms with Gasteiger partial charge in [-0.2, -0.15) is 13.2 Å². The third kappa shape index (κ3) is 8.20. The monoisotopic (exact) mass is 432 g/mol. The van der Waals surface area contributed by atoms with E-state index < -0.39 is 11.9 Å². The quantitative estimate of drug-likeness (QED) is 0.294.